The largest absolute Gasteiger partial charge is 0.383 e. The Balaban J connectivity index is 1.42. The Bertz CT molecular complexity index is 436. The van der Waals surface area contributed by atoms with Crippen LogP contribution in [0.5, 0.6) is 0 Å². The number of nitrogens with zero attached hydrogens (tertiary/aromatic N) is 4. The summed E-state index contributed by atoms with van der Waals surface area (Å²) in [5.74, 6) is 0. The molecule has 124 valence electrons. The Morgan fingerprint density at radius 3 is 2.73 bits per heavy atom. The Labute approximate surface area is 134 Å². The topological polar surface area (TPSA) is 33.5 Å². The van der Waals surface area contributed by atoms with E-state index < -0.39 is 0 Å². The molecule has 2 fully saturated rings. The zero-order valence-corrected chi connectivity index (χ0v) is 13.9. The lowest BCUT2D eigenvalue weighted by Gasteiger charge is -2.40. The van der Waals surface area contributed by atoms with Gasteiger partial charge in [0.2, 0.25) is 0 Å². The molecule has 1 aromatic rings. The van der Waals surface area contributed by atoms with Crippen LogP contribution in [-0.2, 0) is 11.3 Å². The van der Waals surface area contributed by atoms with Gasteiger partial charge in [0.05, 0.1) is 6.61 Å². The average molecular weight is 306 g/mol. The van der Waals surface area contributed by atoms with E-state index in [1.807, 2.05) is 16.9 Å². The molecule has 2 aliphatic heterocycles. The molecule has 0 saturated carbocycles. The molecular formula is C17H30N4O. The fourth-order valence-corrected chi connectivity index (χ4v) is 4.16. The maximum absolute atomic E-state index is 5.24. The number of methoxy groups -OCH3 is 1. The lowest BCUT2D eigenvalue weighted by molar-refractivity contribution is 0.0677. The van der Waals surface area contributed by atoms with Gasteiger partial charge in [-0.15, -0.1) is 0 Å². The Morgan fingerprint density at radius 1 is 1.09 bits per heavy atom. The van der Waals surface area contributed by atoms with Crippen LogP contribution in [0.25, 0.3) is 0 Å². The number of aryl methyl sites for hydroxylation is 1. The lowest BCUT2D eigenvalue weighted by Crippen LogP contribution is -2.45. The summed E-state index contributed by atoms with van der Waals surface area (Å²) in [4.78, 5) is 5.28. The lowest BCUT2D eigenvalue weighted by atomic mass is 9.79. The summed E-state index contributed by atoms with van der Waals surface area (Å²) in [7, 11) is 1.80. The van der Waals surface area contributed by atoms with Crippen molar-refractivity contribution in [1.29, 1.82) is 0 Å². The standard InChI is InChI=1S/C17H30N4O/c1-22-14-13-20-8-2-5-17(16-20)6-12-19(15-17)9-4-11-21-10-3-7-18-21/h3,7,10H,2,4-6,8-9,11-16H2,1H3/t17-/m0/s1. The summed E-state index contributed by atoms with van der Waals surface area (Å²) in [5, 5.41) is 4.28. The Hall–Kier alpha value is -0.910. The van der Waals surface area contributed by atoms with Crippen LogP contribution < -0.4 is 0 Å². The van der Waals surface area contributed by atoms with Gasteiger partial charge in [0.1, 0.15) is 0 Å². The second-order valence-electron chi connectivity index (χ2n) is 7.02. The van der Waals surface area contributed by atoms with E-state index in [-0.39, 0.29) is 0 Å². The van der Waals surface area contributed by atoms with Crippen molar-refractivity contribution in [2.45, 2.75) is 32.2 Å². The van der Waals surface area contributed by atoms with Gasteiger partial charge in [-0.05, 0) is 56.8 Å². The van der Waals surface area contributed by atoms with Gasteiger partial charge in [-0.25, -0.2) is 0 Å². The highest BCUT2D eigenvalue weighted by molar-refractivity contribution is 4.94. The van der Waals surface area contributed by atoms with Crippen LogP contribution in [0.3, 0.4) is 0 Å². The number of rotatable bonds is 7. The maximum atomic E-state index is 5.24. The van der Waals surface area contributed by atoms with E-state index in [1.54, 1.807) is 7.11 Å². The van der Waals surface area contributed by atoms with Crippen molar-refractivity contribution in [3.05, 3.63) is 18.5 Å². The molecule has 3 heterocycles. The number of ether oxygens (including phenoxy) is 1. The van der Waals surface area contributed by atoms with E-state index in [2.05, 4.69) is 21.1 Å². The summed E-state index contributed by atoms with van der Waals surface area (Å²) >= 11 is 0. The van der Waals surface area contributed by atoms with Crippen molar-refractivity contribution in [2.24, 2.45) is 5.41 Å². The van der Waals surface area contributed by atoms with Crippen LogP contribution in [0.4, 0.5) is 0 Å². The van der Waals surface area contributed by atoms with Crippen molar-refractivity contribution >= 4 is 0 Å². The first-order chi connectivity index (χ1) is 10.8. The highest BCUT2D eigenvalue weighted by Gasteiger charge is 2.40. The molecule has 2 aliphatic rings. The van der Waals surface area contributed by atoms with Gasteiger partial charge in [0.15, 0.2) is 0 Å². The molecule has 1 atom stereocenters. The number of hydrogen-bond acceptors (Lipinski definition) is 4. The Morgan fingerprint density at radius 2 is 1.95 bits per heavy atom. The third kappa shape index (κ3) is 4.09. The number of piperidine rings is 1. The van der Waals surface area contributed by atoms with Crippen molar-refractivity contribution in [3.63, 3.8) is 0 Å². The minimum absolute atomic E-state index is 0.553. The maximum Gasteiger partial charge on any atom is 0.0589 e. The fourth-order valence-electron chi connectivity index (χ4n) is 4.16. The van der Waals surface area contributed by atoms with Crippen molar-refractivity contribution in [1.82, 2.24) is 19.6 Å². The third-order valence-corrected chi connectivity index (χ3v) is 5.29. The van der Waals surface area contributed by atoms with Crippen LogP contribution in [0.15, 0.2) is 18.5 Å². The molecule has 5 nitrogen and oxygen atoms in total. The zero-order chi connectivity index (χ0) is 15.3. The molecule has 2 saturated heterocycles. The smallest absolute Gasteiger partial charge is 0.0589 e. The van der Waals surface area contributed by atoms with Crippen LogP contribution in [0.1, 0.15) is 25.7 Å². The van der Waals surface area contributed by atoms with E-state index in [0.717, 1.165) is 19.7 Å². The monoisotopic (exact) mass is 306 g/mol. The van der Waals surface area contributed by atoms with E-state index in [0.29, 0.717) is 5.41 Å². The minimum atomic E-state index is 0.553. The normalized spacial score (nSPS) is 27.0. The van der Waals surface area contributed by atoms with Gasteiger partial charge in [-0.1, -0.05) is 0 Å². The molecule has 0 bridgehead atoms. The van der Waals surface area contributed by atoms with Crippen molar-refractivity contribution in [3.8, 4) is 0 Å². The van der Waals surface area contributed by atoms with Gasteiger partial charge < -0.3 is 14.5 Å². The molecule has 3 rings (SSSR count). The summed E-state index contributed by atoms with van der Waals surface area (Å²) < 4.78 is 7.29. The predicted octanol–water partition coefficient (Wildman–Crippen LogP) is 1.71. The first-order valence-corrected chi connectivity index (χ1v) is 8.71. The summed E-state index contributed by atoms with van der Waals surface area (Å²) in [6.07, 6.45) is 9.25. The second kappa shape index (κ2) is 7.57. The fraction of sp³-hybridized carbons (Fsp3) is 0.824. The number of aromatic nitrogens is 2. The third-order valence-electron chi connectivity index (χ3n) is 5.29. The molecule has 0 radical (unpaired) electrons. The first-order valence-electron chi connectivity index (χ1n) is 8.71. The quantitative estimate of drug-likeness (QED) is 0.768. The van der Waals surface area contributed by atoms with Gasteiger partial charge in [-0.3, -0.25) is 4.68 Å². The average Bonchev–Trinajstić information content (AvgIpc) is 3.16. The molecule has 0 unspecified atom stereocenters. The van der Waals surface area contributed by atoms with Gasteiger partial charge in [-0.2, -0.15) is 5.10 Å². The summed E-state index contributed by atoms with van der Waals surface area (Å²) in [6.45, 7) is 9.29. The van der Waals surface area contributed by atoms with E-state index in [9.17, 15) is 0 Å². The van der Waals surface area contributed by atoms with Crippen LogP contribution in [0, 0.1) is 5.41 Å². The van der Waals surface area contributed by atoms with E-state index in [1.165, 1.54) is 58.4 Å². The zero-order valence-electron chi connectivity index (χ0n) is 13.9. The van der Waals surface area contributed by atoms with Crippen molar-refractivity contribution in [2.75, 3.05) is 53.0 Å². The molecular weight excluding hydrogens is 276 g/mol. The van der Waals surface area contributed by atoms with E-state index in [4.69, 9.17) is 4.74 Å². The first kappa shape index (κ1) is 16.0. The van der Waals surface area contributed by atoms with Gasteiger partial charge in [0, 0.05) is 45.7 Å². The highest BCUT2D eigenvalue weighted by atomic mass is 16.5. The van der Waals surface area contributed by atoms with Crippen LogP contribution >= 0.6 is 0 Å². The van der Waals surface area contributed by atoms with Crippen LogP contribution in [-0.4, -0.2) is 72.6 Å². The molecule has 1 aromatic heterocycles. The molecule has 0 amide bonds. The SMILES string of the molecule is COCCN1CCC[C@@]2(CCN(CCCn3cccn3)C2)C1. The van der Waals surface area contributed by atoms with Gasteiger partial charge >= 0.3 is 0 Å². The number of likely N-dealkylation sites (tertiary alicyclic amines) is 2. The second-order valence-corrected chi connectivity index (χ2v) is 7.02. The molecule has 1 spiro atoms. The predicted molar refractivity (Wildman–Crippen MR) is 87.9 cm³/mol. The molecule has 0 aliphatic carbocycles. The highest BCUT2D eigenvalue weighted by Crippen LogP contribution is 2.38. The molecule has 5 heteroatoms. The van der Waals surface area contributed by atoms with Crippen LogP contribution in [0.2, 0.25) is 0 Å². The Kier molecular flexibility index (Phi) is 5.50. The van der Waals surface area contributed by atoms with Gasteiger partial charge in [0.25, 0.3) is 0 Å². The number of hydrogen-bond donors (Lipinski definition) is 0. The summed E-state index contributed by atoms with van der Waals surface area (Å²) in [5.41, 5.74) is 0.553. The molecule has 0 N–H and O–H groups in total. The van der Waals surface area contributed by atoms with E-state index >= 15 is 0 Å². The molecule has 22 heavy (non-hydrogen) atoms. The van der Waals surface area contributed by atoms with Crippen molar-refractivity contribution < 1.29 is 4.74 Å². The summed E-state index contributed by atoms with van der Waals surface area (Å²) in [6, 6.07) is 2.00. The molecule has 0 aromatic carbocycles. The minimum Gasteiger partial charge on any atom is -0.383 e.